The summed E-state index contributed by atoms with van der Waals surface area (Å²) in [5, 5.41) is 6.54. The molecule has 27 heavy (non-hydrogen) atoms. The molecule has 0 fully saturated rings. The van der Waals surface area contributed by atoms with Crippen molar-refractivity contribution in [3.63, 3.8) is 0 Å². The molecule has 0 atom stereocenters. The molecule has 148 valence electrons. The smallest absolute Gasteiger partial charge is 0.213 e. The van der Waals surface area contributed by atoms with E-state index in [4.69, 9.17) is 9.15 Å². The maximum atomic E-state index is 5.90. The lowest BCUT2D eigenvalue weighted by atomic mass is 9.94. The first kappa shape index (κ1) is 20.8. The van der Waals surface area contributed by atoms with Crippen molar-refractivity contribution in [2.24, 2.45) is 10.9 Å². The minimum absolute atomic E-state index is 0.0507. The quantitative estimate of drug-likeness (QED) is 0.570. The fourth-order valence-corrected chi connectivity index (χ4v) is 2.34. The lowest BCUT2D eigenvalue weighted by molar-refractivity contribution is 0.268. The number of hydrogen-bond donors (Lipinski definition) is 2. The standard InChI is InChI=1S/C21H32N4O2/c1-15(2)14-26-17-10-8-7-9-16(17)11-24-20(22-6)25-13-19-23-12-18(27-19)21(3,4)5/h7-10,12,15H,11,13-14H2,1-6H3,(H2,22,24,25). The Labute approximate surface area is 162 Å². The van der Waals surface area contributed by atoms with Crippen LogP contribution < -0.4 is 15.4 Å². The number of rotatable bonds is 7. The third kappa shape index (κ3) is 6.62. The molecule has 6 nitrogen and oxygen atoms in total. The summed E-state index contributed by atoms with van der Waals surface area (Å²) in [6.07, 6.45) is 1.79. The van der Waals surface area contributed by atoms with Crippen LogP contribution in [0.25, 0.3) is 0 Å². The van der Waals surface area contributed by atoms with E-state index >= 15 is 0 Å². The second kappa shape index (κ2) is 9.44. The Morgan fingerprint density at radius 3 is 2.52 bits per heavy atom. The summed E-state index contributed by atoms with van der Waals surface area (Å²) in [7, 11) is 1.74. The second-order valence-electron chi connectivity index (χ2n) is 7.96. The molecule has 0 aliphatic rings. The van der Waals surface area contributed by atoms with Gasteiger partial charge in [0.15, 0.2) is 5.96 Å². The van der Waals surface area contributed by atoms with E-state index in [1.54, 1.807) is 13.2 Å². The summed E-state index contributed by atoms with van der Waals surface area (Å²) in [6, 6.07) is 8.05. The zero-order chi connectivity index (χ0) is 19.9. The fraction of sp³-hybridized carbons (Fsp3) is 0.524. The molecule has 0 aliphatic carbocycles. The molecular weight excluding hydrogens is 340 g/mol. The van der Waals surface area contributed by atoms with Gasteiger partial charge in [0, 0.05) is 24.6 Å². The lowest BCUT2D eigenvalue weighted by Gasteiger charge is -2.15. The van der Waals surface area contributed by atoms with Gasteiger partial charge in [-0.25, -0.2) is 4.98 Å². The predicted octanol–water partition coefficient (Wildman–Crippen LogP) is 3.87. The van der Waals surface area contributed by atoms with E-state index < -0.39 is 0 Å². The van der Waals surface area contributed by atoms with Gasteiger partial charge in [-0.1, -0.05) is 52.8 Å². The highest BCUT2D eigenvalue weighted by atomic mass is 16.5. The van der Waals surface area contributed by atoms with Gasteiger partial charge in [0.25, 0.3) is 0 Å². The van der Waals surface area contributed by atoms with Gasteiger partial charge >= 0.3 is 0 Å². The molecule has 1 aromatic carbocycles. The van der Waals surface area contributed by atoms with Crippen LogP contribution >= 0.6 is 0 Å². The zero-order valence-electron chi connectivity index (χ0n) is 17.3. The monoisotopic (exact) mass is 372 g/mol. The second-order valence-corrected chi connectivity index (χ2v) is 7.96. The molecule has 2 aromatic rings. The van der Waals surface area contributed by atoms with Gasteiger partial charge in [-0.3, -0.25) is 4.99 Å². The summed E-state index contributed by atoms with van der Waals surface area (Å²) < 4.78 is 11.7. The van der Waals surface area contributed by atoms with Crippen LogP contribution in [0, 0.1) is 5.92 Å². The summed E-state index contributed by atoms with van der Waals surface area (Å²) in [5.41, 5.74) is 1.04. The average Bonchev–Trinajstić information content (AvgIpc) is 3.10. The molecule has 0 radical (unpaired) electrons. The third-order valence-corrected chi connectivity index (χ3v) is 3.91. The number of guanidine groups is 1. The zero-order valence-corrected chi connectivity index (χ0v) is 17.3. The number of hydrogen-bond acceptors (Lipinski definition) is 4. The highest BCUT2D eigenvalue weighted by Crippen LogP contribution is 2.22. The van der Waals surface area contributed by atoms with Crippen LogP contribution in [0.4, 0.5) is 0 Å². The van der Waals surface area contributed by atoms with Crippen molar-refractivity contribution < 1.29 is 9.15 Å². The van der Waals surface area contributed by atoms with Crippen molar-refractivity contribution in [1.82, 2.24) is 15.6 Å². The molecular formula is C21H32N4O2. The van der Waals surface area contributed by atoms with Crippen LogP contribution in [0.2, 0.25) is 0 Å². The van der Waals surface area contributed by atoms with E-state index in [0.717, 1.165) is 17.1 Å². The number of aromatic nitrogens is 1. The maximum Gasteiger partial charge on any atom is 0.213 e. The summed E-state index contributed by atoms with van der Waals surface area (Å²) in [6.45, 7) is 12.4. The Hall–Kier alpha value is -2.50. The first-order valence-corrected chi connectivity index (χ1v) is 9.40. The number of benzene rings is 1. The van der Waals surface area contributed by atoms with Crippen molar-refractivity contribution in [3.8, 4) is 5.75 Å². The molecule has 2 N–H and O–H groups in total. The van der Waals surface area contributed by atoms with Crippen molar-refractivity contribution >= 4 is 5.96 Å². The SMILES string of the molecule is CN=C(NCc1ncc(C(C)(C)C)o1)NCc1ccccc1OCC(C)C. The van der Waals surface area contributed by atoms with Gasteiger partial charge in [-0.05, 0) is 12.0 Å². The molecule has 1 heterocycles. The third-order valence-electron chi connectivity index (χ3n) is 3.91. The summed E-state index contributed by atoms with van der Waals surface area (Å²) in [5.74, 6) is 3.59. The highest BCUT2D eigenvalue weighted by Gasteiger charge is 2.19. The van der Waals surface area contributed by atoms with Crippen LogP contribution in [0.3, 0.4) is 0 Å². The van der Waals surface area contributed by atoms with Gasteiger partial charge < -0.3 is 19.8 Å². The van der Waals surface area contributed by atoms with Gasteiger partial charge in [-0.15, -0.1) is 0 Å². The van der Waals surface area contributed by atoms with Gasteiger partial charge in [0.2, 0.25) is 5.89 Å². The molecule has 0 spiro atoms. The molecule has 0 aliphatic heterocycles. The largest absolute Gasteiger partial charge is 0.493 e. The molecule has 6 heteroatoms. The van der Waals surface area contributed by atoms with Gasteiger partial charge in [0.05, 0.1) is 19.3 Å². The van der Waals surface area contributed by atoms with Gasteiger partial charge in [-0.2, -0.15) is 0 Å². The van der Waals surface area contributed by atoms with Crippen molar-refractivity contribution in [2.45, 2.75) is 53.1 Å². The molecule has 0 amide bonds. The maximum absolute atomic E-state index is 5.90. The molecule has 1 aromatic heterocycles. The van der Waals surface area contributed by atoms with Gasteiger partial charge in [0.1, 0.15) is 11.5 Å². The molecule has 0 unspecified atom stereocenters. The number of oxazole rings is 1. The van der Waals surface area contributed by atoms with E-state index in [-0.39, 0.29) is 5.41 Å². The van der Waals surface area contributed by atoms with E-state index in [9.17, 15) is 0 Å². The Morgan fingerprint density at radius 1 is 1.19 bits per heavy atom. The van der Waals surface area contributed by atoms with Crippen LogP contribution in [0.15, 0.2) is 39.9 Å². The van der Waals surface area contributed by atoms with Crippen molar-refractivity contribution in [3.05, 3.63) is 47.7 Å². The average molecular weight is 373 g/mol. The first-order valence-electron chi connectivity index (χ1n) is 9.40. The van der Waals surface area contributed by atoms with Crippen LogP contribution in [-0.2, 0) is 18.5 Å². The predicted molar refractivity (Wildman–Crippen MR) is 109 cm³/mol. The minimum atomic E-state index is -0.0507. The lowest BCUT2D eigenvalue weighted by Crippen LogP contribution is -2.36. The number of nitrogens with zero attached hydrogens (tertiary/aromatic N) is 2. The molecule has 0 saturated heterocycles. The molecule has 0 bridgehead atoms. The Morgan fingerprint density at radius 2 is 1.89 bits per heavy atom. The topological polar surface area (TPSA) is 71.7 Å². The first-order chi connectivity index (χ1) is 12.8. The van der Waals surface area contributed by atoms with Crippen LogP contribution in [0.5, 0.6) is 5.75 Å². The van der Waals surface area contributed by atoms with Crippen LogP contribution in [0.1, 0.15) is 51.8 Å². The number of ether oxygens (including phenoxy) is 1. The van der Waals surface area contributed by atoms with Crippen molar-refractivity contribution in [1.29, 1.82) is 0 Å². The molecule has 2 rings (SSSR count). The number of para-hydroxylation sites is 1. The summed E-state index contributed by atoms with van der Waals surface area (Å²) in [4.78, 5) is 8.59. The van der Waals surface area contributed by atoms with Crippen molar-refractivity contribution in [2.75, 3.05) is 13.7 Å². The highest BCUT2D eigenvalue weighted by molar-refractivity contribution is 5.79. The van der Waals surface area contributed by atoms with E-state index in [0.29, 0.717) is 37.5 Å². The Kier molecular flexibility index (Phi) is 7.28. The Bertz CT molecular complexity index is 745. The van der Waals surface area contributed by atoms with E-state index in [1.807, 2.05) is 18.2 Å². The van der Waals surface area contributed by atoms with E-state index in [2.05, 4.69) is 61.3 Å². The van der Waals surface area contributed by atoms with Crippen LogP contribution in [-0.4, -0.2) is 24.6 Å². The van der Waals surface area contributed by atoms with E-state index in [1.165, 1.54) is 0 Å². The number of nitrogens with one attached hydrogen (secondary N) is 2. The molecule has 0 saturated carbocycles. The normalized spacial score (nSPS) is 12.3. The fourth-order valence-electron chi connectivity index (χ4n) is 2.34. The summed E-state index contributed by atoms with van der Waals surface area (Å²) >= 11 is 0. The minimum Gasteiger partial charge on any atom is -0.493 e. The number of aliphatic imine (C=N–C) groups is 1. The Balaban J connectivity index is 1.90.